The van der Waals surface area contributed by atoms with E-state index in [2.05, 4.69) is 9.97 Å². The largest absolute Gasteiger partial charge is 0.491 e. The molecule has 196 valence electrons. The Bertz CT molecular complexity index is 1630. The molecule has 11 heteroatoms. The Labute approximate surface area is 214 Å². The highest BCUT2D eigenvalue weighted by Crippen LogP contribution is 2.33. The minimum atomic E-state index is -3.57. The number of fused-ring (bicyclic) bond motifs is 1. The lowest BCUT2D eigenvalue weighted by Crippen LogP contribution is -2.32. The van der Waals surface area contributed by atoms with Crippen LogP contribution >= 0.6 is 0 Å². The molecule has 0 N–H and O–H groups in total. The number of benzene rings is 1. The molecule has 0 aliphatic rings. The number of hydrogen-bond acceptors (Lipinski definition) is 7. The number of methoxy groups -OCH3 is 1. The third kappa shape index (κ3) is 4.95. The second-order valence-electron chi connectivity index (χ2n) is 8.63. The minimum absolute atomic E-state index is 0.194. The molecule has 3 heterocycles. The first kappa shape index (κ1) is 26.3. The van der Waals surface area contributed by atoms with Crippen LogP contribution in [-0.4, -0.2) is 53.2 Å². The van der Waals surface area contributed by atoms with E-state index in [1.807, 2.05) is 6.92 Å². The van der Waals surface area contributed by atoms with Gasteiger partial charge in [-0.2, -0.15) is 0 Å². The fourth-order valence-electron chi connectivity index (χ4n) is 4.52. The van der Waals surface area contributed by atoms with Gasteiger partial charge in [0.2, 0.25) is 0 Å². The lowest BCUT2D eigenvalue weighted by molar-refractivity contribution is 0.296. The maximum absolute atomic E-state index is 14.6. The standard InChI is InChI=1S/C26H29FN4O5S/c1-6-30-23-16(3)18(17-10-8-9-11-19(17)27)14-28-24(23)31(26(30)32)21(15-37(5,33)34)20-12-13-22(35-4)25(29-20)36-7-2/h8-14,21H,6-7,15H2,1-5H3/t21-/m1/s1. The van der Waals surface area contributed by atoms with Gasteiger partial charge in [-0.25, -0.2) is 27.6 Å². The molecular formula is C26H29FN4O5S. The third-order valence-corrected chi connectivity index (χ3v) is 7.09. The second kappa shape index (κ2) is 10.3. The summed E-state index contributed by atoms with van der Waals surface area (Å²) >= 11 is 0. The Hall–Kier alpha value is -3.73. The molecule has 0 radical (unpaired) electrons. The molecule has 1 aromatic carbocycles. The van der Waals surface area contributed by atoms with Crippen LogP contribution in [0.3, 0.4) is 0 Å². The van der Waals surface area contributed by atoms with Gasteiger partial charge in [-0.1, -0.05) is 18.2 Å². The molecule has 0 amide bonds. The summed E-state index contributed by atoms with van der Waals surface area (Å²) in [5.74, 6) is -0.219. The lowest BCUT2D eigenvalue weighted by atomic mass is 10.0. The van der Waals surface area contributed by atoms with Crippen LogP contribution in [0.25, 0.3) is 22.3 Å². The number of ether oxygens (including phenoxy) is 2. The van der Waals surface area contributed by atoms with E-state index in [1.54, 1.807) is 44.2 Å². The van der Waals surface area contributed by atoms with Crippen molar-refractivity contribution >= 4 is 21.0 Å². The number of aryl methyl sites for hydroxylation is 2. The average Bonchev–Trinajstić information content (AvgIpc) is 3.14. The van der Waals surface area contributed by atoms with Gasteiger partial charge in [0.1, 0.15) is 15.7 Å². The third-order valence-electron chi connectivity index (χ3n) is 6.16. The molecule has 0 aliphatic heterocycles. The number of hydrogen-bond donors (Lipinski definition) is 0. The molecule has 0 unspecified atom stereocenters. The van der Waals surface area contributed by atoms with Gasteiger partial charge in [0.15, 0.2) is 11.4 Å². The first-order valence-electron chi connectivity index (χ1n) is 11.8. The van der Waals surface area contributed by atoms with Gasteiger partial charge in [-0.05, 0) is 44.5 Å². The summed E-state index contributed by atoms with van der Waals surface area (Å²) in [5.41, 5.74) is 2.23. The van der Waals surface area contributed by atoms with Crippen LogP contribution in [0.1, 0.15) is 31.1 Å². The molecule has 0 aliphatic carbocycles. The topological polar surface area (TPSA) is 105 Å². The van der Waals surface area contributed by atoms with Gasteiger partial charge >= 0.3 is 5.69 Å². The fourth-order valence-corrected chi connectivity index (χ4v) is 5.42. The maximum Gasteiger partial charge on any atom is 0.330 e. The number of imidazole rings is 1. The molecule has 4 rings (SSSR count). The number of sulfone groups is 1. The van der Waals surface area contributed by atoms with Crippen molar-refractivity contribution in [3.05, 3.63) is 70.2 Å². The van der Waals surface area contributed by atoms with Gasteiger partial charge < -0.3 is 9.47 Å². The number of rotatable bonds is 9. The van der Waals surface area contributed by atoms with Crippen LogP contribution in [0.4, 0.5) is 4.39 Å². The zero-order valence-electron chi connectivity index (χ0n) is 21.4. The van der Waals surface area contributed by atoms with Crippen LogP contribution < -0.4 is 15.2 Å². The summed E-state index contributed by atoms with van der Waals surface area (Å²) in [7, 11) is -2.09. The summed E-state index contributed by atoms with van der Waals surface area (Å²) in [6, 6.07) is 8.60. The van der Waals surface area contributed by atoms with Crippen molar-refractivity contribution in [2.24, 2.45) is 0 Å². The molecule has 0 saturated heterocycles. The number of halogens is 1. The maximum atomic E-state index is 14.6. The molecule has 37 heavy (non-hydrogen) atoms. The Kier molecular flexibility index (Phi) is 7.35. The van der Waals surface area contributed by atoms with Gasteiger partial charge in [0.25, 0.3) is 5.88 Å². The monoisotopic (exact) mass is 528 g/mol. The number of nitrogens with zero attached hydrogens (tertiary/aromatic N) is 4. The smallest absolute Gasteiger partial charge is 0.330 e. The highest BCUT2D eigenvalue weighted by atomic mass is 32.2. The molecule has 4 aromatic rings. The van der Waals surface area contributed by atoms with Gasteiger partial charge in [0.05, 0.1) is 36.7 Å². The van der Waals surface area contributed by atoms with Crippen molar-refractivity contribution in [2.45, 2.75) is 33.4 Å². The van der Waals surface area contributed by atoms with Crippen molar-refractivity contribution in [2.75, 3.05) is 25.7 Å². The molecule has 0 saturated carbocycles. The van der Waals surface area contributed by atoms with Crippen molar-refractivity contribution in [3.63, 3.8) is 0 Å². The Morgan fingerprint density at radius 1 is 1.11 bits per heavy atom. The molecular weight excluding hydrogens is 499 g/mol. The Balaban J connectivity index is 2.02. The minimum Gasteiger partial charge on any atom is -0.491 e. The van der Waals surface area contributed by atoms with Crippen molar-refractivity contribution in [1.29, 1.82) is 0 Å². The van der Waals surface area contributed by atoms with Crippen LogP contribution in [0.5, 0.6) is 11.6 Å². The molecule has 1 atom stereocenters. The van der Waals surface area contributed by atoms with Crippen LogP contribution in [0.15, 0.2) is 47.4 Å². The van der Waals surface area contributed by atoms with Crippen LogP contribution in [-0.2, 0) is 16.4 Å². The molecule has 0 fully saturated rings. The van der Waals surface area contributed by atoms with Gasteiger partial charge in [-0.15, -0.1) is 0 Å². The quantitative estimate of drug-likeness (QED) is 0.326. The fraction of sp³-hybridized carbons (Fsp3) is 0.346. The second-order valence-corrected chi connectivity index (χ2v) is 10.8. The summed E-state index contributed by atoms with van der Waals surface area (Å²) in [6.45, 7) is 6.02. The van der Waals surface area contributed by atoms with E-state index < -0.39 is 33.1 Å². The van der Waals surface area contributed by atoms with E-state index in [-0.39, 0.29) is 11.5 Å². The first-order valence-corrected chi connectivity index (χ1v) is 13.9. The highest BCUT2D eigenvalue weighted by Gasteiger charge is 2.29. The molecule has 0 spiro atoms. The zero-order chi connectivity index (χ0) is 26.9. The normalized spacial score (nSPS) is 12.6. The lowest BCUT2D eigenvalue weighted by Gasteiger charge is -2.19. The predicted octanol–water partition coefficient (Wildman–Crippen LogP) is 3.77. The van der Waals surface area contributed by atoms with Crippen molar-refractivity contribution in [1.82, 2.24) is 19.1 Å². The number of pyridine rings is 2. The van der Waals surface area contributed by atoms with Gasteiger partial charge in [0, 0.05) is 30.1 Å². The molecule has 3 aromatic heterocycles. The summed E-state index contributed by atoms with van der Waals surface area (Å²) in [6.07, 6.45) is 2.61. The van der Waals surface area contributed by atoms with Crippen LogP contribution in [0.2, 0.25) is 0 Å². The van der Waals surface area contributed by atoms with E-state index in [0.717, 1.165) is 6.26 Å². The SMILES string of the molecule is CCOc1nc([C@@H](CS(C)(=O)=O)n2c(=O)n(CC)c3c(C)c(-c4ccccc4F)cnc32)ccc1OC. The summed E-state index contributed by atoms with van der Waals surface area (Å²) in [5, 5.41) is 0. The van der Waals surface area contributed by atoms with E-state index >= 15 is 0 Å². The van der Waals surface area contributed by atoms with Crippen molar-refractivity contribution < 1.29 is 22.3 Å². The Morgan fingerprint density at radius 3 is 2.46 bits per heavy atom. The average molecular weight is 529 g/mol. The molecule has 9 nitrogen and oxygen atoms in total. The Morgan fingerprint density at radius 2 is 1.84 bits per heavy atom. The number of aromatic nitrogens is 4. The van der Waals surface area contributed by atoms with E-state index in [1.165, 1.54) is 28.5 Å². The summed E-state index contributed by atoms with van der Waals surface area (Å²) in [4.78, 5) is 22.8. The summed E-state index contributed by atoms with van der Waals surface area (Å²) < 4.78 is 53.4. The van der Waals surface area contributed by atoms with Gasteiger partial charge in [-0.3, -0.25) is 9.13 Å². The predicted molar refractivity (Wildman–Crippen MR) is 140 cm³/mol. The van der Waals surface area contributed by atoms with Crippen LogP contribution in [0, 0.1) is 12.7 Å². The van der Waals surface area contributed by atoms with E-state index in [9.17, 15) is 17.6 Å². The highest BCUT2D eigenvalue weighted by molar-refractivity contribution is 7.90. The van der Waals surface area contributed by atoms with Crippen molar-refractivity contribution in [3.8, 4) is 22.8 Å². The first-order chi connectivity index (χ1) is 17.6. The molecule has 0 bridgehead atoms. The zero-order valence-corrected chi connectivity index (χ0v) is 22.2. The van der Waals surface area contributed by atoms with E-state index in [0.29, 0.717) is 46.8 Å². The van der Waals surface area contributed by atoms with E-state index in [4.69, 9.17) is 9.47 Å².